The lowest BCUT2D eigenvalue weighted by molar-refractivity contribution is -0.120. The molecule has 0 aliphatic carbocycles. The monoisotopic (exact) mass is 446 g/mol. The number of aromatic nitrogens is 2. The Kier molecular flexibility index (Phi) is 6.90. The highest BCUT2D eigenvalue weighted by atomic mass is 32.2. The molecule has 11 heteroatoms. The number of sulfonamides is 1. The SMILES string of the molecule is CC(C)CSc1nnc(NC(=O)[C@@H]2CCCN(S(=O)(=O)c3cccs3)C2)s1. The van der Waals surface area contributed by atoms with Gasteiger partial charge >= 0.3 is 0 Å². The molecule has 0 bridgehead atoms. The quantitative estimate of drug-likeness (QED) is 0.518. The van der Waals surface area contributed by atoms with Crippen LogP contribution in [0.4, 0.5) is 5.13 Å². The smallest absolute Gasteiger partial charge is 0.252 e. The summed E-state index contributed by atoms with van der Waals surface area (Å²) in [6.07, 6.45) is 1.32. The van der Waals surface area contributed by atoms with Crippen LogP contribution >= 0.6 is 34.4 Å². The standard InChI is InChI=1S/C16H22N4O3S4/c1-11(2)10-25-16-19-18-15(26-16)17-14(21)12-5-3-7-20(9-12)27(22,23)13-6-4-8-24-13/h4,6,8,11-12H,3,5,7,9-10H2,1-2H3,(H,17,18,21)/t12-/m1/s1. The zero-order valence-corrected chi connectivity index (χ0v) is 18.4. The third-order valence-electron chi connectivity index (χ3n) is 4.02. The van der Waals surface area contributed by atoms with Crippen molar-refractivity contribution in [2.45, 2.75) is 35.2 Å². The third-order valence-corrected chi connectivity index (χ3v) is 9.66. The van der Waals surface area contributed by atoms with Crippen molar-refractivity contribution in [2.24, 2.45) is 11.8 Å². The minimum Gasteiger partial charge on any atom is -0.300 e. The topological polar surface area (TPSA) is 92.3 Å². The van der Waals surface area contributed by atoms with E-state index in [1.54, 1.807) is 29.3 Å². The van der Waals surface area contributed by atoms with Crippen LogP contribution in [-0.4, -0.2) is 47.7 Å². The molecule has 1 N–H and O–H groups in total. The first kappa shape index (κ1) is 20.7. The minimum absolute atomic E-state index is 0.194. The van der Waals surface area contributed by atoms with Gasteiger partial charge in [0.15, 0.2) is 4.34 Å². The molecule has 0 aromatic carbocycles. The number of carbonyl (C=O) groups excluding carboxylic acids is 1. The molecule has 0 unspecified atom stereocenters. The van der Waals surface area contributed by atoms with E-state index < -0.39 is 10.0 Å². The summed E-state index contributed by atoms with van der Waals surface area (Å²) in [6, 6.07) is 3.32. The fraction of sp³-hybridized carbons (Fsp3) is 0.562. The van der Waals surface area contributed by atoms with E-state index in [9.17, 15) is 13.2 Å². The molecule has 1 atom stereocenters. The molecular weight excluding hydrogens is 424 g/mol. The zero-order chi connectivity index (χ0) is 19.4. The Labute approximate surface area is 171 Å². The number of hydrogen-bond donors (Lipinski definition) is 1. The lowest BCUT2D eigenvalue weighted by Gasteiger charge is -2.30. The van der Waals surface area contributed by atoms with Crippen LogP contribution in [0.5, 0.6) is 0 Å². The van der Waals surface area contributed by atoms with Gasteiger partial charge in [-0.1, -0.05) is 43.0 Å². The Hall–Kier alpha value is -1.01. The third kappa shape index (κ3) is 5.29. The zero-order valence-electron chi connectivity index (χ0n) is 15.1. The Morgan fingerprint density at radius 2 is 2.26 bits per heavy atom. The highest BCUT2D eigenvalue weighted by molar-refractivity contribution is 8.01. The van der Waals surface area contributed by atoms with Gasteiger partial charge in [-0.05, 0) is 30.2 Å². The predicted molar refractivity (Wildman–Crippen MR) is 110 cm³/mol. The van der Waals surface area contributed by atoms with Gasteiger partial charge in [-0.25, -0.2) is 8.42 Å². The van der Waals surface area contributed by atoms with Crippen molar-refractivity contribution in [3.63, 3.8) is 0 Å². The predicted octanol–water partition coefficient (Wildman–Crippen LogP) is 3.39. The van der Waals surface area contributed by atoms with Crippen molar-refractivity contribution >= 4 is 55.5 Å². The molecule has 148 valence electrons. The Bertz CT molecular complexity index is 864. The molecule has 2 aromatic heterocycles. The van der Waals surface area contributed by atoms with Gasteiger partial charge in [0.2, 0.25) is 11.0 Å². The van der Waals surface area contributed by atoms with Gasteiger partial charge in [-0.3, -0.25) is 4.79 Å². The first-order valence-electron chi connectivity index (χ1n) is 8.67. The number of nitrogens with zero attached hydrogens (tertiary/aromatic N) is 3. The second kappa shape index (κ2) is 8.99. The number of rotatable bonds is 7. The number of amides is 1. The minimum atomic E-state index is -3.53. The van der Waals surface area contributed by atoms with Crippen molar-refractivity contribution in [1.29, 1.82) is 0 Å². The number of thiophene rings is 1. The van der Waals surface area contributed by atoms with Crippen molar-refractivity contribution in [2.75, 3.05) is 24.2 Å². The first-order valence-corrected chi connectivity index (χ1v) is 12.8. The van der Waals surface area contributed by atoms with Crippen molar-refractivity contribution < 1.29 is 13.2 Å². The number of hydrogen-bond acceptors (Lipinski definition) is 8. The molecule has 2 aromatic rings. The maximum atomic E-state index is 12.7. The van der Waals surface area contributed by atoms with Crippen LogP contribution in [0.2, 0.25) is 0 Å². The molecule has 0 saturated carbocycles. The normalized spacial score (nSPS) is 18.7. The highest BCUT2D eigenvalue weighted by Gasteiger charge is 2.34. The van der Waals surface area contributed by atoms with Crippen LogP contribution in [-0.2, 0) is 14.8 Å². The molecule has 27 heavy (non-hydrogen) atoms. The van der Waals surface area contributed by atoms with E-state index in [2.05, 4.69) is 29.4 Å². The summed E-state index contributed by atoms with van der Waals surface area (Å²) in [6.45, 7) is 4.91. The van der Waals surface area contributed by atoms with Crippen LogP contribution in [0.25, 0.3) is 0 Å². The lowest BCUT2D eigenvalue weighted by Crippen LogP contribution is -2.43. The lowest BCUT2D eigenvalue weighted by atomic mass is 9.99. The van der Waals surface area contributed by atoms with E-state index in [1.807, 2.05) is 0 Å². The van der Waals surface area contributed by atoms with Crippen molar-refractivity contribution in [3.05, 3.63) is 17.5 Å². The molecule has 1 saturated heterocycles. The van der Waals surface area contributed by atoms with Gasteiger partial charge in [0.1, 0.15) is 4.21 Å². The van der Waals surface area contributed by atoms with Crippen LogP contribution < -0.4 is 5.32 Å². The summed E-state index contributed by atoms with van der Waals surface area (Å²) >= 11 is 4.17. The van der Waals surface area contributed by atoms with E-state index in [0.29, 0.717) is 34.6 Å². The van der Waals surface area contributed by atoms with Gasteiger partial charge in [-0.2, -0.15) is 4.31 Å². The van der Waals surface area contributed by atoms with Gasteiger partial charge in [0, 0.05) is 18.8 Å². The van der Waals surface area contributed by atoms with Crippen LogP contribution in [0.1, 0.15) is 26.7 Å². The highest BCUT2D eigenvalue weighted by Crippen LogP contribution is 2.29. The maximum Gasteiger partial charge on any atom is 0.252 e. The molecule has 0 spiro atoms. The van der Waals surface area contributed by atoms with Crippen LogP contribution in [0, 0.1) is 11.8 Å². The van der Waals surface area contributed by atoms with E-state index in [0.717, 1.165) is 10.1 Å². The van der Waals surface area contributed by atoms with E-state index >= 15 is 0 Å². The molecule has 1 aliphatic rings. The first-order chi connectivity index (χ1) is 12.9. The summed E-state index contributed by atoms with van der Waals surface area (Å²) in [5, 5.41) is 13.1. The Morgan fingerprint density at radius 3 is 2.96 bits per heavy atom. The summed E-state index contributed by atoms with van der Waals surface area (Å²) in [5.74, 6) is 0.915. The number of thioether (sulfide) groups is 1. The average molecular weight is 447 g/mol. The second-order valence-corrected chi connectivity index (χ2v) is 12.1. The number of anilines is 1. The molecule has 3 heterocycles. The Balaban J connectivity index is 1.60. The Morgan fingerprint density at radius 1 is 1.44 bits per heavy atom. The molecule has 1 aliphatic heterocycles. The molecule has 3 rings (SSSR count). The van der Waals surface area contributed by atoms with E-state index in [1.165, 1.54) is 27.0 Å². The molecule has 1 amide bonds. The number of nitrogens with one attached hydrogen (secondary N) is 1. The molecule has 0 radical (unpaired) electrons. The van der Waals surface area contributed by atoms with Gasteiger partial charge in [-0.15, -0.1) is 21.5 Å². The van der Waals surface area contributed by atoms with Crippen molar-refractivity contribution in [3.8, 4) is 0 Å². The fourth-order valence-electron chi connectivity index (χ4n) is 2.68. The van der Waals surface area contributed by atoms with Crippen LogP contribution in [0.15, 0.2) is 26.1 Å². The average Bonchev–Trinajstić information content (AvgIpc) is 3.32. The summed E-state index contributed by atoms with van der Waals surface area (Å²) in [7, 11) is -3.53. The van der Waals surface area contributed by atoms with Gasteiger partial charge in [0.05, 0.1) is 5.92 Å². The van der Waals surface area contributed by atoms with Gasteiger partial charge < -0.3 is 5.32 Å². The number of piperidine rings is 1. The fourth-order valence-corrected chi connectivity index (χ4v) is 7.08. The van der Waals surface area contributed by atoms with E-state index in [4.69, 9.17) is 0 Å². The van der Waals surface area contributed by atoms with Crippen LogP contribution in [0.3, 0.4) is 0 Å². The van der Waals surface area contributed by atoms with Crippen molar-refractivity contribution in [1.82, 2.24) is 14.5 Å². The molecular formula is C16H22N4O3S4. The molecule has 1 fully saturated rings. The molecule has 7 nitrogen and oxygen atoms in total. The second-order valence-electron chi connectivity index (χ2n) is 6.70. The maximum absolute atomic E-state index is 12.7. The largest absolute Gasteiger partial charge is 0.300 e. The summed E-state index contributed by atoms with van der Waals surface area (Å²) in [5.41, 5.74) is 0. The summed E-state index contributed by atoms with van der Waals surface area (Å²) < 4.78 is 27.9. The summed E-state index contributed by atoms with van der Waals surface area (Å²) in [4.78, 5) is 12.6. The van der Waals surface area contributed by atoms with E-state index in [-0.39, 0.29) is 18.4 Å². The number of carbonyl (C=O) groups is 1. The van der Waals surface area contributed by atoms with Gasteiger partial charge in [0.25, 0.3) is 10.0 Å².